The minimum Gasteiger partial charge on any atom is -0.463 e. The minimum atomic E-state index is -0.219. The maximum Gasteiger partial charge on any atom is 0.272 e. The molecule has 0 aliphatic carbocycles. The molecule has 0 unspecified atom stereocenters. The zero-order valence-electron chi connectivity index (χ0n) is 10.9. The van der Waals surface area contributed by atoms with Crippen molar-refractivity contribution in [3.8, 4) is 0 Å². The number of nitrogens with zero attached hydrogens (tertiary/aromatic N) is 2. The molecular formula is C13H13N3O3. The van der Waals surface area contributed by atoms with Crippen molar-refractivity contribution in [2.24, 2.45) is 7.05 Å². The molecule has 19 heavy (non-hydrogen) atoms. The number of nitrogens with one attached hydrogen (secondary N) is 1. The second-order valence-corrected chi connectivity index (χ2v) is 4.41. The minimum absolute atomic E-state index is 0.219. The van der Waals surface area contributed by atoms with Gasteiger partial charge in [-0.05, 0) is 13.8 Å². The molecule has 0 saturated heterocycles. The zero-order chi connectivity index (χ0) is 13.6. The number of fused-ring (bicyclic) bond motifs is 1. The number of carbonyl (C=O) groups excluding carboxylic acids is 1. The fraction of sp³-hybridized carbons (Fsp3) is 0.231. The summed E-state index contributed by atoms with van der Waals surface area (Å²) in [4.78, 5) is 12.3. The number of amides is 1. The van der Waals surface area contributed by atoms with E-state index in [0.29, 0.717) is 28.4 Å². The Morgan fingerprint density at radius 3 is 2.84 bits per heavy atom. The van der Waals surface area contributed by atoms with Crippen molar-refractivity contribution in [2.45, 2.75) is 13.8 Å². The molecule has 0 aromatic carbocycles. The van der Waals surface area contributed by atoms with Crippen LogP contribution in [0.25, 0.3) is 11.1 Å². The van der Waals surface area contributed by atoms with Gasteiger partial charge in [0.1, 0.15) is 17.1 Å². The molecule has 3 aromatic rings. The van der Waals surface area contributed by atoms with Crippen molar-refractivity contribution < 1.29 is 13.7 Å². The summed E-state index contributed by atoms with van der Waals surface area (Å²) in [6.07, 6.45) is 1.60. The number of hydrogen-bond donors (Lipinski definition) is 1. The van der Waals surface area contributed by atoms with Gasteiger partial charge >= 0.3 is 0 Å². The number of hydrogen-bond acceptors (Lipinski definition) is 4. The summed E-state index contributed by atoms with van der Waals surface area (Å²) in [6, 6.07) is 3.53. The Morgan fingerprint density at radius 2 is 2.21 bits per heavy atom. The van der Waals surface area contributed by atoms with Gasteiger partial charge < -0.3 is 18.8 Å². The molecule has 0 radical (unpaired) electrons. The van der Waals surface area contributed by atoms with Gasteiger partial charge in [-0.25, -0.2) is 0 Å². The van der Waals surface area contributed by atoms with Crippen LogP contribution >= 0.6 is 0 Å². The predicted octanol–water partition coefficient (Wildman–Crippen LogP) is 2.63. The normalized spacial score (nSPS) is 11.1. The molecule has 0 spiro atoms. The van der Waals surface area contributed by atoms with E-state index in [1.807, 2.05) is 13.1 Å². The Bertz CT molecular complexity index is 744. The van der Waals surface area contributed by atoms with E-state index < -0.39 is 0 Å². The van der Waals surface area contributed by atoms with Crippen molar-refractivity contribution in [3.63, 3.8) is 0 Å². The maximum absolute atomic E-state index is 12.3. The van der Waals surface area contributed by atoms with Crippen molar-refractivity contribution >= 4 is 22.7 Å². The first-order valence-corrected chi connectivity index (χ1v) is 5.85. The number of aryl methyl sites for hydroxylation is 3. The molecule has 0 aliphatic rings. The van der Waals surface area contributed by atoms with Crippen molar-refractivity contribution in [1.29, 1.82) is 0 Å². The van der Waals surface area contributed by atoms with Crippen molar-refractivity contribution in [2.75, 3.05) is 5.32 Å². The van der Waals surface area contributed by atoms with Gasteiger partial charge in [-0.15, -0.1) is 0 Å². The first kappa shape index (κ1) is 11.6. The standard InChI is InChI=1S/C13H13N3O3/c1-7-12(8(2)19-15-7)14-13(17)10-6-11-9(16(10)3)4-5-18-11/h4-6H,1-3H3,(H,14,17). The van der Waals surface area contributed by atoms with Crippen LogP contribution in [-0.2, 0) is 7.05 Å². The smallest absolute Gasteiger partial charge is 0.272 e. The van der Waals surface area contributed by atoms with Gasteiger partial charge in [0.05, 0.1) is 11.8 Å². The van der Waals surface area contributed by atoms with Crippen LogP contribution in [0.2, 0.25) is 0 Å². The van der Waals surface area contributed by atoms with Crippen LogP contribution in [0.15, 0.2) is 27.3 Å². The topological polar surface area (TPSA) is 73.2 Å². The van der Waals surface area contributed by atoms with Crippen LogP contribution in [0.1, 0.15) is 21.9 Å². The summed E-state index contributed by atoms with van der Waals surface area (Å²) >= 11 is 0. The summed E-state index contributed by atoms with van der Waals surface area (Å²) in [7, 11) is 1.82. The molecule has 0 bridgehead atoms. The fourth-order valence-electron chi connectivity index (χ4n) is 2.11. The number of anilines is 1. The first-order chi connectivity index (χ1) is 9.08. The van der Waals surface area contributed by atoms with Gasteiger partial charge in [0.15, 0.2) is 11.3 Å². The van der Waals surface area contributed by atoms with Crippen molar-refractivity contribution in [1.82, 2.24) is 9.72 Å². The molecule has 0 fully saturated rings. The van der Waals surface area contributed by atoms with Crippen LogP contribution in [0.4, 0.5) is 5.69 Å². The molecule has 0 atom stereocenters. The molecule has 6 heteroatoms. The SMILES string of the molecule is Cc1noc(C)c1NC(=O)c1cc2occc2n1C. The number of furan rings is 1. The highest BCUT2D eigenvalue weighted by molar-refractivity contribution is 6.06. The third-order valence-electron chi connectivity index (χ3n) is 3.17. The largest absolute Gasteiger partial charge is 0.463 e. The van der Waals surface area contributed by atoms with E-state index in [1.54, 1.807) is 30.7 Å². The van der Waals surface area contributed by atoms with E-state index in [1.165, 1.54) is 0 Å². The van der Waals surface area contributed by atoms with Gasteiger partial charge in [-0.3, -0.25) is 4.79 Å². The number of carbonyl (C=O) groups is 1. The van der Waals surface area contributed by atoms with E-state index in [-0.39, 0.29) is 5.91 Å². The predicted molar refractivity (Wildman–Crippen MR) is 69.1 cm³/mol. The summed E-state index contributed by atoms with van der Waals surface area (Å²) in [5.41, 5.74) is 3.36. The van der Waals surface area contributed by atoms with Gasteiger partial charge in [-0.1, -0.05) is 5.16 Å². The zero-order valence-corrected chi connectivity index (χ0v) is 10.9. The Hall–Kier alpha value is -2.50. The number of rotatable bonds is 2. The average molecular weight is 259 g/mol. The average Bonchev–Trinajstić information content (AvgIpc) is 3.03. The van der Waals surface area contributed by atoms with E-state index >= 15 is 0 Å². The molecule has 0 saturated carbocycles. The fourth-order valence-corrected chi connectivity index (χ4v) is 2.11. The first-order valence-electron chi connectivity index (χ1n) is 5.85. The molecule has 0 aliphatic heterocycles. The van der Waals surface area contributed by atoms with Crippen molar-refractivity contribution in [3.05, 3.63) is 35.5 Å². The van der Waals surface area contributed by atoms with Crippen LogP contribution < -0.4 is 5.32 Å². The van der Waals surface area contributed by atoms with E-state index in [2.05, 4.69) is 10.5 Å². The molecule has 3 rings (SSSR count). The van der Waals surface area contributed by atoms with Crippen LogP contribution in [0.3, 0.4) is 0 Å². The summed E-state index contributed by atoms with van der Waals surface area (Å²) in [5.74, 6) is 0.368. The Balaban J connectivity index is 1.96. The van der Waals surface area contributed by atoms with Gasteiger partial charge in [-0.2, -0.15) is 0 Å². The quantitative estimate of drug-likeness (QED) is 0.767. The highest BCUT2D eigenvalue weighted by atomic mass is 16.5. The third-order valence-corrected chi connectivity index (χ3v) is 3.17. The molecule has 98 valence electrons. The van der Waals surface area contributed by atoms with E-state index in [4.69, 9.17) is 8.94 Å². The molecular weight excluding hydrogens is 246 g/mol. The molecule has 1 amide bonds. The maximum atomic E-state index is 12.3. The lowest BCUT2D eigenvalue weighted by atomic mass is 10.3. The highest BCUT2D eigenvalue weighted by Crippen LogP contribution is 2.23. The molecule has 3 heterocycles. The Labute approximate surface area is 109 Å². The number of aromatic nitrogens is 2. The lowest BCUT2D eigenvalue weighted by molar-refractivity contribution is 0.101. The Kier molecular flexibility index (Phi) is 2.45. The Morgan fingerprint density at radius 1 is 1.42 bits per heavy atom. The summed E-state index contributed by atoms with van der Waals surface area (Å²) in [6.45, 7) is 3.54. The molecule has 1 N–H and O–H groups in total. The van der Waals surface area contributed by atoms with E-state index in [9.17, 15) is 4.79 Å². The third kappa shape index (κ3) is 1.72. The highest BCUT2D eigenvalue weighted by Gasteiger charge is 2.18. The summed E-state index contributed by atoms with van der Waals surface area (Å²) in [5, 5.41) is 6.61. The second-order valence-electron chi connectivity index (χ2n) is 4.41. The van der Waals surface area contributed by atoms with E-state index in [0.717, 1.165) is 5.52 Å². The second kappa shape index (κ2) is 4.01. The van der Waals surface area contributed by atoms with Gasteiger partial charge in [0.25, 0.3) is 5.91 Å². The molecule has 6 nitrogen and oxygen atoms in total. The summed E-state index contributed by atoms with van der Waals surface area (Å²) < 4.78 is 12.1. The lowest BCUT2D eigenvalue weighted by Crippen LogP contribution is -2.16. The van der Waals surface area contributed by atoms with Crippen LogP contribution in [-0.4, -0.2) is 15.6 Å². The van der Waals surface area contributed by atoms with Crippen LogP contribution in [0.5, 0.6) is 0 Å². The molecule has 3 aromatic heterocycles. The van der Waals surface area contributed by atoms with Gasteiger partial charge in [0, 0.05) is 19.2 Å². The van der Waals surface area contributed by atoms with Gasteiger partial charge in [0.2, 0.25) is 0 Å². The monoisotopic (exact) mass is 259 g/mol. The lowest BCUT2D eigenvalue weighted by Gasteiger charge is -2.05. The van der Waals surface area contributed by atoms with Crippen LogP contribution in [0, 0.1) is 13.8 Å².